The predicted octanol–water partition coefficient (Wildman–Crippen LogP) is 3.61. The number of carbonyl (C=O) groups excluding carboxylic acids is 5. The highest BCUT2D eigenvalue weighted by molar-refractivity contribution is 6.32. The van der Waals surface area contributed by atoms with Gasteiger partial charge in [-0.3, -0.25) is 24.0 Å². The third-order valence-electron chi connectivity index (χ3n) is 9.53. The number of primary amides is 1. The summed E-state index contributed by atoms with van der Waals surface area (Å²) in [6.07, 6.45) is 4.69. The lowest BCUT2D eigenvalue weighted by atomic mass is 9.49. The predicted molar refractivity (Wildman–Crippen MR) is 151 cm³/mol. The molecule has 8 heteroatoms. The van der Waals surface area contributed by atoms with E-state index in [9.17, 15) is 34.2 Å². The van der Waals surface area contributed by atoms with E-state index in [1.165, 1.54) is 11.6 Å². The van der Waals surface area contributed by atoms with E-state index in [0.29, 0.717) is 5.56 Å². The zero-order valence-corrected chi connectivity index (χ0v) is 23.7. The molecule has 2 aromatic carbocycles. The Hall–Kier alpha value is -3.65. The van der Waals surface area contributed by atoms with E-state index in [1.54, 1.807) is 19.9 Å². The van der Waals surface area contributed by atoms with Crippen molar-refractivity contribution in [1.29, 1.82) is 0 Å². The molecule has 3 unspecified atom stereocenters. The Morgan fingerprint density at radius 2 is 1.71 bits per heavy atom. The van der Waals surface area contributed by atoms with Crippen LogP contribution in [0.15, 0.2) is 36.4 Å². The quantitative estimate of drug-likeness (QED) is 0.346. The number of ketones is 4. The van der Waals surface area contributed by atoms with Crippen LogP contribution >= 0.6 is 0 Å². The van der Waals surface area contributed by atoms with Crippen molar-refractivity contribution in [1.82, 2.24) is 0 Å². The Morgan fingerprint density at radius 3 is 2.32 bits per heavy atom. The molecule has 1 amide bonds. The number of phenols is 1. The van der Waals surface area contributed by atoms with Gasteiger partial charge in [0, 0.05) is 11.8 Å². The van der Waals surface area contributed by atoms with Gasteiger partial charge in [0.1, 0.15) is 5.75 Å². The van der Waals surface area contributed by atoms with Crippen LogP contribution in [0.5, 0.6) is 5.75 Å². The summed E-state index contributed by atoms with van der Waals surface area (Å²) < 4.78 is 0. The minimum atomic E-state index is -2.68. The molecular formula is C33H37NO7. The Kier molecular flexibility index (Phi) is 7.49. The summed E-state index contributed by atoms with van der Waals surface area (Å²) in [5.74, 6) is -11.4. The molecule has 2 saturated carbocycles. The van der Waals surface area contributed by atoms with E-state index in [2.05, 4.69) is 19.1 Å². The molecule has 3 aliphatic carbocycles. The maximum Gasteiger partial charge on any atom is 0.235 e. The van der Waals surface area contributed by atoms with Crippen molar-refractivity contribution in [3.05, 3.63) is 53.1 Å². The third kappa shape index (κ3) is 4.43. The van der Waals surface area contributed by atoms with Gasteiger partial charge in [0.2, 0.25) is 5.91 Å². The van der Waals surface area contributed by atoms with E-state index in [4.69, 9.17) is 5.73 Å². The molecule has 6 atom stereocenters. The first-order valence-electron chi connectivity index (χ1n) is 14.6. The number of rotatable bonds is 7. The van der Waals surface area contributed by atoms with Crippen LogP contribution in [0.3, 0.4) is 0 Å². The first-order chi connectivity index (χ1) is 19.4. The number of phenolic OH excluding ortho intramolecular Hbond substituents is 1. The molecule has 2 aromatic rings. The molecule has 8 nitrogen and oxygen atoms in total. The average molecular weight is 560 g/mol. The van der Waals surface area contributed by atoms with Crippen LogP contribution in [0.2, 0.25) is 0 Å². The first-order valence-corrected chi connectivity index (χ1v) is 14.6. The summed E-state index contributed by atoms with van der Waals surface area (Å²) >= 11 is 0. The van der Waals surface area contributed by atoms with Crippen LogP contribution in [0.1, 0.15) is 67.9 Å². The van der Waals surface area contributed by atoms with Gasteiger partial charge < -0.3 is 15.9 Å². The van der Waals surface area contributed by atoms with Crippen molar-refractivity contribution in [2.45, 2.75) is 64.9 Å². The molecular weight excluding hydrogens is 522 g/mol. The highest BCUT2D eigenvalue weighted by atomic mass is 16.3. The molecule has 0 aliphatic heterocycles. The van der Waals surface area contributed by atoms with Crippen molar-refractivity contribution in [2.24, 2.45) is 41.2 Å². The number of hydrogen-bond acceptors (Lipinski definition) is 7. The highest BCUT2D eigenvalue weighted by Crippen LogP contribution is 2.53. The van der Waals surface area contributed by atoms with Crippen LogP contribution in [-0.2, 0) is 32.0 Å². The van der Waals surface area contributed by atoms with E-state index < -0.39 is 64.2 Å². The average Bonchev–Trinajstić information content (AvgIpc) is 2.91. The standard InChI is InChI=1S/C33H37NO7/c1-4-5-6-7-17-8-10-18(11-9-17)20-12-13-23(35)26-21(20)14-19-15-22-24(16(2)3)28(36)27(32(34)40)31(39)33(22,41)30(38)25(19)29(26)37/h8-13,16,19,22,24-25,27,35,41H,4-7,14-15H2,1-3H3,(H2,34,40)/t19-,22-,24?,25?,27?,33-/m1/s1. The monoisotopic (exact) mass is 559 g/mol. The summed E-state index contributed by atoms with van der Waals surface area (Å²) in [6, 6.07) is 11.3. The Bertz CT molecular complexity index is 1440. The third-order valence-corrected chi connectivity index (χ3v) is 9.53. The van der Waals surface area contributed by atoms with Crippen LogP contribution in [0.4, 0.5) is 0 Å². The smallest absolute Gasteiger partial charge is 0.235 e. The van der Waals surface area contributed by atoms with E-state index in [0.717, 1.165) is 36.8 Å². The van der Waals surface area contributed by atoms with Crippen LogP contribution in [-0.4, -0.2) is 44.9 Å². The molecule has 216 valence electrons. The fourth-order valence-corrected chi connectivity index (χ4v) is 7.55. The molecule has 0 bridgehead atoms. The van der Waals surface area contributed by atoms with E-state index in [-0.39, 0.29) is 30.1 Å². The molecule has 5 rings (SSSR count). The fraction of sp³-hybridized carbons (Fsp3) is 0.485. The van der Waals surface area contributed by atoms with Crippen LogP contribution < -0.4 is 5.73 Å². The summed E-state index contributed by atoms with van der Waals surface area (Å²) in [4.78, 5) is 66.7. The number of nitrogens with two attached hydrogens (primary N) is 1. The van der Waals surface area contributed by atoms with E-state index in [1.807, 2.05) is 12.1 Å². The molecule has 0 spiro atoms. The lowest BCUT2D eigenvalue weighted by molar-refractivity contribution is -0.182. The zero-order valence-electron chi connectivity index (χ0n) is 23.7. The summed E-state index contributed by atoms with van der Waals surface area (Å²) in [6.45, 7) is 5.63. The van der Waals surface area contributed by atoms with Crippen molar-refractivity contribution in [2.75, 3.05) is 0 Å². The van der Waals surface area contributed by atoms with Crippen molar-refractivity contribution in [3.63, 3.8) is 0 Å². The van der Waals surface area contributed by atoms with Gasteiger partial charge in [-0.2, -0.15) is 0 Å². The Balaban J connectivity index is 1.57. The van der Waals surface area contributed by atoms with Crippen molar-refractivity contribution < 1.29 is 34.2 Å². The highest BCUT2D eigenvalue weighted by Gasteiger charge is 2.69. The van der Waals surface area contributed by atoms with Crippen molar-refractivity contribution >= 4 is 29.0 Å². The summed E-state index contributed by atoms with van der Waals surface area (Å²) in [5.41, 5.74) is 6.18. The normalized spacial score (nSPS) is 29.2. The second-order valence-electron chi connectivity index (χ2n) is 12.3. The number of aliphatic hydroxyl groups is 1. The Morgan fingerprint density at radius 1 is 1.02 bits per heavy atom. The van der Waals surface area contributed by atoms with Gasteiger partial charge in [-0.15, -0.1) is 0 Å². The molecule has 0 aromatic heterocycles. The molecule has 4 N–H and O–H groups in total. The number of fused-ring (bicyclic) bond motifs is 3. The van der Waals surface area contributed by atoms with Gasteiger partial charge in [0.15, 0.2) is 34.7 Å². The molecule has 0 heterocycles. The number of aromatic hydroxyl groups is 1. The second kappa shape index (κ2) is 10.6. The van der Waals surface area contributed by atoms with Gasteiger partial charge in [-0.1, -0.05) is 63.9 Å². The second-order valence-corrected chi connectivity index (χ2v) is 12.3. The molecule has 3 aliphatic rings. The van der Waals surface area contributed by atoms with Gasteiger partial charge in [0.05, 0.1) is 11.5 Å². The number of hydrogen-bond donors (Lipinski definition) is 3. The maximum absolute atomic E-state index is 14.0. The zero-order chi connectivity index (χ0) is 29.8. The van der Waals surface area contributed by atoms with Crippen LogP contribution in [0, 0.1) is 35.5 Å². The van der Waals surface area contributed by atoms with Crippen molar-refractivity contribution in [3.8, 4) is 16.9 Å². The fourth-order valence-electron chi connectivity index (χ4n) is 7.55. The SMILES string of the molecule is CCCCCc1ccc(-c2ccc(O)c3c2C[C@@H]2C[C@@H]4C(C(C)C)C(=O)C(C(N)=O)C(=O)[C@]4(O)C(=O)C2C3=O)cc1. The van der Waals surface area contributed by atoms with Gasteiger partial charge >= 0.3 is 0 Å². The first kappa shape index (κ1) is 28.9. The largest absolute Gasteiger partial charge is 0.507 e. The van der Waals surface area contributed by atoms with E-state index >= 15 is 0 Å². The molecule has 0 radical (unpaired) electrons. The maximum atomic E-state index is 14.0. The minimum Gasteiger partial charge on any atom is -0.507 e. The molecule has 0 saturated heterocycles. The van der Waals surface area contributed by atoms with Crippen LogP contribution in [0.25, 0.3) is 11.1 Å². The summed E-state index contributed by atoms with van der Waals surface area (Å²) in [5, 5.41) is 22.5. The number of aryl methyl sites for hydroxylation is 1. The molecule has 41 heavy (non-hydrogen) atoms. The number of benzene rings is 2. The number of Topliss-reactive ketones (excluding diaryl/α,β-unsaturated/α-hetero) is 4. The topological polar surface area (TPSA) is 152 Å². The van der Waals surface area contributed by atoms with Gasteiger partial charge in [0.25, 0.3) is 0 Å². The van der Waals surface area contributed by atoms with Gasteiger partial charge in [-0.25, -0.2) is 0 Å². The number of unbranched alkanes of at least 4 members (excludes halogenated alkanes) is 2. The summed E-state index contributed by atoms with van der Waals surface area (Å²) in [7, 11) is 0. The lowest BCUT2D eigenvalue weighted by Gasteiger charge is -2.52. The lowest BCUT2D eigenvalue weighted by Crippen LogP contribution is -2.71. The van der Waals surface area contributed by atoms with Gasteiger partial charge in [-0.05, 0) is 65.8 Å². The minimum absolute atomic E-state index is 0.0115. The number of amides is 1. The Labute approximate surface area is 239 Å². The number of carbonyl (C=O) groups is 5. The molecule has 2 fully saturated rings.